The lowest BCUT2D eigenvalue weighted by molar-refractivity contribution is 0.0960. The van der Waals surface area contributed by atoms with Gasteiger partial charge in [-0.2, -0.15) is 5.10 Å². The number of anilines is 1. The quantitative estimate of drug-likeness (QED) is 0.660. The first-order valence-electron chi connectivity index (χ1n) is 10.7. The Balaban J connectivity index is 1.82. The van der Waals surface area contributed by atoms with Gasteiger partial charge < -0.3 is 10.6 Å². The first kappa shape index (κ1) is 21.0. The zero-order valence-corrected chi connectivity index (χ0v) is 19.0. The first-order chi connectivity index (χ1) is 14.6. The fraction of sp³-hybridized carbons (Fsp3) is 0.417. The maximum absolute atomic E-state index is 13.5. The Morgan fingerprint density at radius 3 is 2.42 bits per heavy atom. The SMILES string of the molecule is CNC(=O)c1cccc(NC(=O)c2cc(C3CC3)nc3c2c(C)nn3C(C)(C)C)c1C. The Kier molecular flexibility index (Phi) is 5.07. The van der Waals surface area contributed by atoms with Crippen molar-refractivity contribution in [2.45, 2.75) is 58.9 Å². The Morgan fingerprint density at radius 1 is 1.10 bits per heavy atom. The highest BCUT2D eigenvalue weighted by atomic mass is 16.2. The molecule has 7 nitrogen and oxygen atoms in total. The fourth-order valence-electron chi connectivity index (χ4n) is 3.88. The molecule has 1 fully saturated rings. The van der Waals surface area contributed by atoms with Crippen LogP contribution in [0.3, 0.4) is 0 Å². The molecule has 3 aromatic rings. The molecule has 31 heavy (non-hydrogen) atoms. The Bertz CT molecular complexity index is 1200. The Hall–Kier alpha value is -3.22. The number of aromatic nitrogens is 3. The van der Waals surface area contributed by atoms with Gasteiger partial charge in [-0.25, -0.2) is 9.67 Å². The summed E-state index contributed by atoms with van der Waals surface area (Å²) in [5.74, 6) is -0.000812. The molecule has 2 heterocycles. The molecule has 2 aromatic heterocycles. The van der Waals surface area contributed by atoms with Gasteiger partial charge in [0.15, 0.2) is 5.65 Å². The average molecular weight is 420 g/mol. The molecule has 1 aliphatic rings. The van der Waals surface area contributed by atoms with Gasteiger partial charge in [0.2, 0.25) is 0 Å². The predicted molar refractivity (Wildman–Crippen MR) is 122 cm³/mol. The second-order valence-corrected chi connectivity index (χ2v) is 9.25. The number of carbonyl (C=O) groups excluding carboxylic acids is 2. The van der Waals surface area contributed by atoms with Crippen LogP contribution in [0.15, 0.2) is 24.3 Å². The lowest BCUT2D eigenvalue weighted by Crippen LogP contribution is -2.24. The van der Waals surface area contributed by atoms with Crippen LogP contribution in [-0.4, -0.2) is 33.6 Å². The van der Waals surface area contributed by atoms with Gasteiger partial charge in [-0.15, -0.1) is 0 Å². The van der Waals surface area contributed by atoms with Crippen LogP contribution in [0.5, 0.6) is 0 Å². The second-order valence-electron chi connectivity index (χ2n) is 9.25. The molecule has 7 heteroatoms. The zero-order chi connectivity index (χ0) is 22.5. The largest absolute Gasteiger partial charge is 0.355 e. The molecule has 1 aromatic carbocycles. The molecule has 1 aliphatic carbocycles. The van der Waals surface area contributed by atoms with Crippen molar-refractivity contribution in [2.75, 3.05) is 12.4 Å². The van der Waals surface area contributed by atoms with E-state index in [4.69, 9.17) is 10.1 Å². The number of benzene rings is 1. The summed E-state index contributed by atoms with van der Waals surface area (Å²) in [6.07, 6.45) is 2.19. The molecule has 0 spiro atoms. The molecule has 1 saturated carbocycles. The van der Waals surface area contributed by atoms with Gasteiger partial charge in [-0.05, 0) is 71.2 Å². The van der Waals surface area contributed by atoms with Gasteiger partial charge in [0, 0.05) is 29.9 Å². The van der Waals surface area contributed by atoms with Crippen LogP contribution in [-0.2, 0) is 5.54 Å². The molecule has 0 aliphatic heterocycles. The highest BCUT2D eigenvalue weighted by Crippen LogP contribution is 2.41. The number of pyridine rings is 1. The van der Waals surface area contributed by atoms with Crippen LogP contribution in [0, 0.1) is 13.8 Å². The number of hydrogen-bond acceptors (Lipinski definition) is 4. The van der Waals surface area contributed by atoms with Gasteiger partial charge >= 0.3 is 0 Å². The molecule has 4 rings (SSSR count). The number of carbonyl (C=O) groups is 2. The van der Waals surface area contributed by atoms with Gasteiger partial charge in [0.25, 0.3) is 11.8 Å². The van der Waals surface area contributed by atoms with E-state index in [9.17, 15) is 9.59 Å². The number of amides is 2. The van der Waals surface area contributed by atoms with Crippen LogP contribution in [0.1, 0.15) is 77.2 Å². The van der Waals surface area contributed by atoms with E-state index < -0.39 is 0 Å². The number of hydrogen-bond donors (Lipinski definition) is 2. The molecule has 0 unspecified atom stereocenters. The third kappa shape index (κ3) is 3.80. The molecule has 162 valence electrons. The van der Waals surface area contributed by atoms with E-state index >= 15 is 0 Å². The van der Waals surface area contributed by atoms with E-state index in [1.54, 1.807) is 19.2 Å². The molecule has 0 bridgehead atoms. The molecule has 2 amide bonds. The lowest BCUT2D eigenvalue weighted by Gasteiger charge is -2.20. The smallest absolute Gasteiger partial charge is 0.256 e. The molecular weight excluding hydrogens is 390 g/mol. The van der Waals surface area contributed by atoms with E-state index in [0.29, 0.717) is 22.7 Å². The minimum absolute atomic E-state index is 0.182. The van der Waals surface area contributed by atoms with Gasteiger partial charge in [0.1, 0.15) is 0 Å². The summed E-state index contributed by atoms with van der Waals surface area (Å²) in [6.45, 7) is 9.99. The van der Waals surface area contributed by atoms with Crippen LogP contribution in [0.4, 0.5) is 5.69 Å². The maximum atomic E-state index is 13.5. The Morgan fingerprint density at radius 2 is 1.81 bits per heavy atom. The van der Waals surface area contributed by atoms with Crippen molar-refractivity contribution in [3.05, 3.63) is 52.3 Å². The van der Waals surface area contributed by atoms with Crippen LogP contribution >= 0.6 is 0 Å². The van der Waals surface area contributed by atoms with Gasteiger partial charge in [0.05, 0.1) is 22.2 Å². The summed E-state index contributed by atoms with van der Waals surface area (Å²) in [5, 5.41) is 11.1. The van der Waals surface area contributed by atoms with Crippen molar-refractivity contribution >= 4 is 28.5 Å². The fourth-order valence-corrected chi connectivity index (χ4v) is 3.88. The zero-order valence-electron chi connectivity index (χ0n) is 19.0. The highest BCUT2D eigenvalue weighted by Gasteiger charge is 2.30. The summed E-state index contributed by atoms with van der Waals surface area (Å²) in [5.41, 5.74) is 4.67. The standard InChI is InChI=1S/C24H29N5O2/c1-13-16(22(30)25-6)8-7-9-18(13)27-23(31)17-12-19(15-10-11-15)26-21-20(17)14(2)28-29(21)24(3,4)5/h7-9,12,15H,10-11H2,1-6H3,(H,25,30)(H,27,31). The predicted octanol–water partition coefficient (Wildman–Crippen LogP) is 4.29. The van der Waals surface area contributed by atoms with Crippen molar-refractivity contribution in [3.63, 3.8) is 0 Å². The van der Waals surface area contributed by atoms with Crippen LogP contribution in [0.25, 0.3) is 11.0 Å². The van der Waals surface area contributed by atoms with E-state index in [0.717, 1.165) is 40.8 Å². The normalized spacial score (nSPS) is 14.0. The highest BCUT2D eigenvalue weighted by molar-refractivity contribution is 6.13. The molecule has 0 atom stereocenters. The van der Waals surface area contributed by atoms with E-state index in [-0.39, 0.29) is 17.4 Å². The van der Waals surface area contributed by atoms with Crippen molar-refractivity contribution in [1.29, 1.82) is 0 Å². The molecular formula is C24H29N5O2. The summed E-state index contributed by atoms with van der Waals surface area (Å²) < 4.78 is 1.91. The summed E-state index contributed by atoms with van der Waals surface area (Å²) in [6, 6.07) is 7.24. The number of nitrogens with one attached hydrogen (secondary N) is 2. The average Bonchev–Trinajstić information content (AvgIpc) is 3.51. The number of fused-ring (bicyclic) bond motifs is 1. The maximum Gasteiger partial charge on any atom is 0.256 e. The third-order valence-corrected chi connectivity index (χ3v) is 5.76. The van der Waals surface area contributed by atoms with Crippen molar-refractivity contribution in [2.24, 2.45) is 0 Å². The Labute approximate surface area is 182 Å². The molecule has 0 radical (unpaired) electrons. The van der Waals surface area contributed by atoms with Crippen LogP contribution in [0.2, 0.25) is 0 Å². The molecule has 0 saturated heterocycles. The monoisotopic (exact) mass is 419 g/mol. The van der Waals surface area contributed by atoms with E-state index in [1.165, 1.54) is 0 Å². The van der Waals surface area contributed by atoms with Crippen molar-refractivity contribution in [1.82, 2.24) is 20.1 Å². The number of aryl methyl sites for hydroxylation is 1. The van der Waals surface area contributed by atoms with E-state index in [1.807, 2.05) is 30.7 Å². The van der Waals surface area contributed by atoms with Crippen molar-refractivity contribution in [3.8, 4) is 0 Å². The topological polar surface area (TPSA) is 88.9 Å². The second kappa shape index (κ2) is 7.48. The molecule has 2 N–H and O–H groups in total. The number of rotatable bonds is 4. The third-order valence-electron chi connectivity index (χ3n) is 5.76. The summed E-state index contributed by atoms with van der Waals surface area (Å²) in [7, 11) is 1.59. The van der Waals surface area contributed by atoms with Gasteiger partial charge in [-0.3, -0.25) is 9.59 Å². The summed E-state index contributed by atoms with van der Waals surface area (Å²) in [4.78, 5) is 30.5. The first-order valence-corrected chi connectivity index (χ1v) is 10.7. The summed E-state index contributed by atoms with van der Waals surface area (Å²) >= 11 is 0. The minimum atomic E-state index is -0.256. The van der Waals surface area contributed by atoms with Crippen molar-refractivity contribution < 1.29 is 9.59 Å². The van der Waals surface area contributed by atoms with Crippen LogP contribution < -0.4 is 10.6 Å². The van der Waals surface area contributed by atoms with Gasteiger partial charge in [-0.1, -0.05) is 6.07 Å². The van der Waals surface area contributed by atoms with E-state index in [2.05, 4.69) is 31.4 Å². The lowest BCUT2D eigenvalue weighted by atomic mass is 10.0. The number of nitrogens with zero attached hydrogens (tertiary/aromatic N) is 3. The minimum Gasteiger partial charge on any atom is -0.355 e.